The number of hydrogen-bond acceptors (Lipinski definition) is 5. The number of aryl methyl sites for hydroxylation is 1. The van der Waals surface area contributed by atoms with Gasteiger partial charge in [0.15, 0.2) is 0 Å². The Labute approximate surface area is 138 Å². The highest BCUT2D eigenvalue weighted by atomic mass is 16.3. The molecule has 2 rings (SSSR count). The van der Waals surface area contributed by atoms with Crippen LogP contribution in [0.15, 0.2) is 24.0 Å². The van der Waals surface area contributed by atoms with Crippen molar-refractivity contribution in [2.75, 3.05) is 32.8 Å². The molecule has 5 N–H and O–H groups in total. The largest absolute Gasteiger partial charge is 0.395 e. The SMILES string of the molecule is CC(=CCC1CN1)C(=N)n1cc(C)c(CNCCNCCO)c1. The molecule has 0 saturated carbocycles. The Kier molecular flexibility index (Phi) is 6.98. The Morgan fingerprint density at radius 1 is 1.39 bits per heavy atom. The third kappa shape index (κ3) is 5.91. The fraction of sp³-hybridized carbons (Fsp3) is 0.588. The molecule has 0 aliphatic carbocycles. The molecule has 128 valence electrons. The maximum Gasteiger partial charge on any atom is 0.131 e. The first-order valence-corrected chi connectivity index (χ1v) is 8.31. The van der Waals surface area contributed by atoms with Gasteiger partial charge >= 0.3 is 0 Å². The molecule has 1 aliphatic rings. The predicted molar refractivity (Wildman–Crippen MR) is 94.1 cm³/mol. The van der Waals surface area contributed by atoms with E-state index in [1.807, 2.05) is 23.9 Å². The first-order chi connectivity index (χ1) is 11.1. The molecule has 0 bridgehead atoms. The standard InChI is InChI=1S/C17H29N5O/c1-13(3-4-16-10-21-16)17(18)22-11-14(2)15(12-22)9-20-6-5-19-7-8-23/h3,11-12,16,18-21,23H,4-10H2,1-2H3. The molecule has 1 atom stereocenters. The lowest BCUT2D eigenvalue weighted by Crippen LogP contribution is -2.28. The van der Waals surface area contributed by atoms with E-state index in [2.05, 4.69) is 29.0 Å². The van der Waals surface area contributed by atoms with Gasteiger partial charge in [-0.25, -0.2) is 0 Å². The molecule has 1 aromatic heterocycles. The summed E-state index contributed by atoms with van der Waals surface area (Å²) < 4.78 is 1.91. The minimum absolute atomic E-state index is 0.174. The van der Waals surface area contributed by atoms with Crippen molar-refractivity contribution in [3.8, 4) is 0 Å². The molecule has 0 amide bonds. The number of aliphatic hydroxyl groups excluding tert-OH is 1. The number of allylic oxidation sites excluding steroid dienone is 1. The second-order valence-electron chi connectivity index (χ2n) is 6.10. The summed E-state index contributed by atoms with van der Waals surface area (Å²) in [5, 5.41) is 26.8. The second kappa shape index (κ2) is 8.98. The van der Waals surface area contributed by atoms with Gasteiger partial charge in [-0.15, -0.1) is 0 Å². The van der Waals surface area contributed by atoms with Gasteiger partial charge in [-0.1, -0.05) is 6.08 Å². The molecule has 2 heterocycles. The van der Waals surface area contributed by atoms with Crippen molar-refractivity contribution in [3.63, 3.8) is 0 Å². The van der Waals surface area contributed by atoms with Crippen molar-refractivity contribution in [1.82, 2.24) is 20.5 Å². The third-order valence-corrected chi connectivity index (χ3v) is 4.05. The fourth-order valence-corrected chi connectivity index (χ4v) is 2.39. The zero-order valence-corrected chi connectivity index (χ0v) is 14.2. The van der Waals surface area contributed by atoms with Crippen LogP contribution in [-0.2, 0) is 6.54 Å². The quantitative estimate of drug-likeness (QED) is 0.189. The van der Waals surface area contributed by atoms with Gasteiger partial charge in [0.25, 0.3) is 0 Å². The van der Waals surface area contributed by atoms with Crippen LogP contribution < -0.4 is 16.0 Å². The minimum atomic E-state index is 0.174. The Morgan fingerprint density at radius 3 is 2.83 bits per heavy atom. The van der Waals surface area contributed by atoms with Crippen LogP contribution in [0.25, 0.3) is 0 Å². The summed E-state index contributed by atoms with van der Waals surface area (Å²) in [6.45, 7) is 8.49. The van der Waals surface area contributed by atoms with E-state index < -0.39 is 0 Å². The molecule has 6 nitrogen and oxygen atoms in total. The smallest absolute Gasteiger partial charge is 0.131 e. The Bertz CT molecular complexity index is 545. The van der Waals surface area contributed by atoms with Crippen LogP contribution >= 0.6 is 0 Å². The number of hydrogen-bond donors (Lipinski definition) is 5. The van der Waals surface area contributed by atoms with Crippen molar-refractivity contribution in [2.45, 2.75) is 32.9 Å². The van der Waals surface area contributed by atoms with Crippen molar-refractivity contribution < 1.29 is 5.11 Å². The van der Waals surface area contributed by atoms with Gasteiger partial charge in [0.2, 0.25) is 0 Å². The van der Waals surface area contributed by atoms with Crippen molar-refractivity contribution in [1.29, 1.82) is 5.41 Å². The van der Waals surface area contributed by atoms with Gasteiger partial charge in [-0.05, 0) is 37.0 Å². The summed E-state index contributed by atoms with van der Waals surface area (Å²) in [5.74, 6) is 0.546. The van der Waals surface area contributed by atoms with Crippen molar-refractivity contribution in [3.05, 3.63) is 35.2 Å². The van der Waals surface area contributed by atoms with Gasteiger partial charge in [0.05, 0.1) is 6.61 Å². The summed E-state index contributed by atoms with van der Waals surface area (Å²) in [4.78, 5) is 0. The zero-order chi connectivity index (χ0) is 16.7. The van der Waals surface area contributed by atoms with E-state index in [4.69, 9.17) is 10.5 Å². The predicted octanol–water partition coefficient (Wildman–Crippen LogP) is 0.602. The molecule has 23 heavy (non-hydrogen) atoms. The number of nitrogens with one attached hydrogen (secondary N) is 4. The van der Waals surface area contributed by atoms with Gasteiger partial charge in [0.1, 0.15) is 5.84 Å². The van der Waals surface area contributed by atoms with E-state index in [1.165, 1.54) is 11.1 Å². The Hall–Kier alpha value is -1.47. The number of nitrogens with zero attached hydrogens (tertiary/aromatic N) is 1. The van der Waals surface area contributed by atoms with Crippen LogP contribution in [0, 0.1) is 12.3 Å². The second-order valence-corrected chi connectivity index (χ2v) is 6.10. The minimum Gasteiger partial charge on any atom is -0.395 e. The normalized spacial score (nSPS) is 17.5. The molecule has 0 radical (unpaired) electrons. The molecule has 0 aromatic carbocycles. The van der Waals surface area contributed by atoms with E-state index in [0.29, 0.717) is 18.4 Å². The summed E-state index contributed by atoms with van der Waals surface area (Å²) in [6.07, 6.45) is 7.21. The lowest BCUT2D eigenvalue weighted by atomic mass is 10.2. The molecule has 0 spiro atoms. The summed E-state index contributed by atoms with van der Waals surface area (Å²) >= 11 is 0. The average molecular weight is 319 g/mol. The molecule has 1 unspecified atom stereocenters. The lowest BCUT2D eigenvalue weighted by molar-refractivity contribution is 0.292. The lowest BCUT2D eigenvalue weighted by Gasteiger charge is -2.06. The highest BCUT2D eigenvalue weighted by molar-refractivity contribution is 5.97. The molecule has 1 fully saturated rings. The van der Waals surface area contributed by atoms with Gasteiger partial charge in [-0.2, -0.15) is 0 Å². The molecular weight excluding hydrogens is 290 g/mol. The van der Waals surface area contributed by atoms with E-state index >= 15 is 0 Å². The van der Waals surface area contributed by atoms with Gasteiger partial charge in [-0.3, -0.25) is 5.41 Å². The average Bonchev–Trinajstić information content (AvgIpc) is 3.30. The van der Waals surface area contributed by atoms with Gasteiger partial charge in [0, 0.05) is 51.2 Å². The summed E-state index contributed by atoms with van der Waals surface area (Å²) in [5.41, 5.74) is 3.43. The van der Waals surface area contributed by atoms with Crippen LogP contribution in [0.1, 0.15) is 24.5 Å². The molecular formula is C17H29N5O. The van der Waals surface area contributed by atoms with Crippen LogP contribution in [-0.4, -0.2) is 54.3 Å². The summed E-state index contributed by atoms with van der Waals surface area (Å²) in [6, 6.07) is 0.614. The van der Waals surface area contributed by atoms with E-state index in [1.54, 1.807) is 0 Å². The molecule has 6 heteroatoms. The van der Waals surface area contributed by atoms with Crippen LogP contribution in [0.3, 0.4) is 0 Å². The maximum absolute atomic E-state index is 8.69. The maximum atomic E-state index is 8.69. The van der Waals surface area contributed by atoms with Crippen LogP contribution in [0.2, 0.25) is 0 Å². The number of rotatable bonds is 10. The van der Waals surface area contributed by atoms with Gasteiger partial charge < -0.3 is 25.6 Å². The first-order valence-electron chi connectivity index (χ1n) is 8.31. The molecule has 1 aliphatic heterocycles. The van der Waals surface area contributed by atoms with E-state index in [0.717, 1.165) is 38.2 Å². The summed E-state index contributed by atoms with van der Waals surface area (Å²) in [7, 11) is 0. The Balaban J connectivity index is 1.81. The number of aliphatic hydroxyl groups is 1. The zero-order valence-electron chi connectivity index (χ0n) is 14.2. The van der Waals surface area contributed by atoms with Crippen molar-refractivity contribution >= 4 is 5.84 Å². The highest BCUT2D eigenvalue weighted by Gasteiger charge is 2.18. The fourth-order valence-electron chi connectivity index (χ4n) is 2.39. The number of aromatic nitrogens is 1. The van der Waals surface area contributed by atoms with Crippen LogP contribution in [0.5, 0.6) is 0 Å². The first kappa shape index (κ1) is 17.9. The molecule has 1 aromatic rings. The van der Waals surface area contributed by atoms with E-state index in [9.17, 15) is 0 Å². The molecule has 1 saturated heterocycles. The van der Waals surface area contributed by atoms with Crippen LogP contribution in [0.4, 0.5) is 0 Å². The third-order valence-electron chi connectivity index (χ3n) is 4.05. The highest BCUT2D eigenvalue weighted by Crippen LogP contribution is 2.13. The van der Waals surface area contributed by atoms with Crippen molar-refractivity contribution in [2.24, 2.45) is 0 Å². The Morgan fingerprint density at radius 2 is 2.13 bits per heavy atom. The topological polar surface area (TPSA) is 95.0 Å². The van der Waals surface area contributed by atoms with E-state index in [-0.39, 0.29) is 6.61 Å². The monoisotopic (exact) mass is 319 g/mol.